The van der Waals surface area contributed by atoms with Gasteiger partial charge in [0.15, 0.2) is 0 Å². The lowest BCUT2D eigenvalue weighted by molar-refractivity contribution is 0.188. The van der Waals surface area contributed by atoms with Crippen molar-refractivity contribution in [3.8, 4) is 0 Å². The third-order valence-electron chi connectivity index (χ3n) is 5.92. The maximum atomic E-state index is 13.1. The highest BCUT2D eigenvalue weighted by Crippen LogP contribution is 2.33. The lowest BCUT2D eigenvalue weighted by atomic mass is 9.86. The van der Waals surface area contributed by atoms with Crippen molar-refractivity contribution in [2.45, 2.75) is 19.0 Å². The largest absolute Gasteiger partial charge is 0.334 e. The number of nitrogens with one attached hydrogen (secondary N) is 1. The molecule has 2 heterocycles. The molecule has 1 atom stereocenters. The van der Waals surface area contributed by atoms with Gasteiger partial charge in [0.05, 0.1) is 6.20 Å². The van der Waals surface area contributed by atoms with Crippen molar-refractivity contribution in [3.05, 3.63) is 101 Å². The van der Waals surface area contributed by atoms with Crippen LogP contribution in [0.15, 0.2) is 79.1 Å². The summed E-state index contributed by atoms with van der Waals surface area (Å²) in [6, 6.07) is 22.8. The lowest BCUT2D eigenvalue weighted by Crippen LogP contribution is -2.44. The molecule has 0 unspecified atom stereocenters. The SMILES string of the molecule is Cn1cc([C@H]2CN(C(=O)NCc3cccc4ccccc34)Cc3ccccc32)cn1. The van der Waals surface area contributed by atoms with Gasteiger partial charge in [-0.05, 0) is 33.0 Å². The molecule has 0 bridgehead atoms. The van der Waals surface area contributed by atoms with E-state index in [2.05, 4.69) is 52.9 Å². The van der Waals surface area contributed by atoms with Gasteiger partial charge < -0.3 is 10.2 Å². The van der Waals surface area contributed by atoms with E-state index in [4.69, 9.17) is 0 Å². The number of hydrogen-bond acceptors (Lipinski definition) is 2. The molecule has 150 valence electrons. The number of rotatable bonds is 3. The fraction of sp³-hybridized carbons (Fsp3) is 0.200. The van der Waals surface area contributed by atoms with Crippen molar-refractivity contribution >= 4 is 16.8 Å². The number of carbonyl (C=O) groups excluding carboxylic acids is 1. The molecule has 0 saturated carbocycles. The molecule has 5 rings (SSSR count). The van der Waals surface area contributed by atoms with Crippen LogP contribution in [0.1, 0.15) is 28.2 Å². The molecule has 4 aromatic rings. The number of fused-ring (bicyclic) bond motifs is 2. The monoisotopic (exact) mass is 396 g/mol. The van der Waals surface area contributed by atoms with Crippen LogP contribution in [0.3, 0.4) is 0 Å². The quantitative estimate of drug-likeness (QED) is 0.557. The third-order valence-corrected chi connectivity index (χ3v) is 5.92. The van der Waals surface area contributed by atoms with E-state index in [0.29, 0.717) is 19.6 Å². The van der Waals surface area contributed by atoms with Gasteiger partial charge >= 0.3 is 6.03 Å². The van der Waals surface area contributed by atoms with E-state index in [1.165, 1.54) is 21.9 Å². The summed E-state index contributed by atoms with van der Waals surface area (Å²) in [6.07, 6.45) is 3.94. The number of nitrogens with zero attached hydrogens (tertiary/aromatic N) is 3. The van der Waals surface area contributed by atoms with Gasteiger partial charge in [-0.15, -0.1) is 0 Å². The van der Waals surface area contributed by atoms with E-state index in [1.54, 1.807) is 0 Å². The van der Waals surface area contributed by atoms with Crippen LogP contribution in [0.2, 0.25) is 0 Å². The molecule has 0 saturated heterocycles. The average molecular weight is 396 g/mol. The maximum Gasteiger partial charge on any atom is 0.317 e. The van der Waals surface area contributed by atoms with Crippen LogP contribution >= 0.6 is 0 Å². The molecular formula is C25H24N4O. The highest BCUT2D eigenvalue weighted by Gasteiger charge is 2.29. The van der Waals surface area contributed by atoms with Gasteiger partial charge in [0.2, 0.25) is 0 Å². The summed E-state index contributed by atoms with van der Waals surface area (Å²) >= 11 is 0. The zero-order valence-electron chi connectivity index (χ0n) is 17.0. The molecule has 0 radical (unpaired) electrons. The molecule has 1 aliphatic heterocycles. The number of benzene rings is 3. The van der Waals surface area contributed by atoms with Crippen LogP contribution in [0.5, 0.6) is 0 Å². The van der Waals surface area contributed by atoms with Crippen LogP contribution in [0, 0.1) is 0 Å². The Balaban J connectivity index is 1.37. The number of urea groups is 1. The Morgan fingerprint density at radius 2 is 1.87 bits per heavy atom. The molecule has 2 amide bonds. The summed E-state index contributed by atoms with van der Waals surface area (Å²) in [6.45, 7) is 1.77. The number of aromatic nitrogens is 2. The van der Waals surface area contributed by atoms with Crippen LogP contribution in [-0.2, 0) is 20.1 Å². The van der Waals surface area contributed by atoms with E-state index < -0.39 is 0 Å². The summed E-state index contributed by atoms with van der Waals surface area (Å²) in [5.41, 5.74) is 4.74. The second-order valence-corrected chi connectivity index (χ2v) is 7.88. The smallest absolute Gasteiger partial charge is 0.317 e. The molecule has 1 aliphatic rings. The van der Waals surface area contributed by atoms with Crippen LogP contribution in [-0.4, -0.2) is 27.3 Å². The van der Waals surface area contributed by atoms with Crippen LogP contribution < -0.4 is 5.32 Å². The van der Waals surface area contributed by atoms with E-state index in [-0.39, 0.29) is 11.9 Å². The first kappa shape index (κ1) is 18.4. The number of carbonyl (C=O) groups is 1. The Morgan fingerprint density at radius 1 is 1.07 bits per heavy atom. The zero-order chi connectivity index (χ0) is 20.5. The predicted molar refractivity (Wildman–Crippen MR) is 118 cm³/mol. The lowest BCUT2D eigenvalue weighted by Gasteiger charge is -2.34. The van der Waals surface area contributed by atoms with Crippen molar-refractivity contribution < 1.29 is 4.79 Å². The third kappa shape index (κ3) is 3.43. The second kappa shape index (κ2) is 7.67. The first-order valence-electron chi connectivity index (χ1n) is 10.2. The fourth-order valence-corrected chi connectivity index (χ4v) is 4.40. The van der Waals surface area contributed by atoms with Crippen molar-refractivity contribution in [3.63, 3.8) is 0 Å². The van der Waals surface area contributed by atoms with Crippen molar-refractivity contribution in [2.75, 3.05) is 6.54 Å². The topological polar surface area (TPSA) is 50.2 Å². The molecule has 5 nitrogen and oxygen atoms in total. The minimum atomic E-state index is -0.0358. The van der Waals surface area contributed by atoms with Gasteiger partial charge in [0, 0.05) is 38.8 Å². The average Bonchev–Trinajstić information content (AvgIpc) is 3.22. The fourth-order valence-electron chi connectivity index (χ4n) is 4.40. The Hall–Kier alpha value is -3.60. The number of amides is 2. The maximum absolute atomic E-state index is 13.1. The second-order valence-electron chi connectivity index (χ2n) is 7.88. The van der Waals surface area contributed by atoms with Gasteiger partial charge in [-0.25, -0.2) is 4.79 Å². The van der Waals surface area contributed by atoms with Crippen LogP contribution in [0.25, 0.3) is 10.8 Å². The molecule has 0 spiro atoms. The minimum absolute atomic E-state index is 0.0358. The highest BCUT2D eigenvalue weighted by molar-refractivity contribution is 5.86. The molecular weight excluding hydrogens is 372 g/mol. The van der Waals surface area contributed by atoms with E-state index in [0.717, 1.165) is 11.1 Å². The summed E-state index contributed by atoms with van der Waals surface area (Å²) < 4.78 is 1.82. The highest BCUT2D eigenvalue weighted by atomic mass is 16.2. The normalized spacial score (nSPS) is 15.8. The molecule has 0 aliphatic carbocycles. The molecule has 1 aromatic heterocycles. The van der Waals surface area contributed by atoms with E-state index >= 15 is 0 Å². The summed E-state index contributed by atoms with van der Waals surface area (Å²) in [7, 11) is 1.92. The first-order valence-corrected chi connectivity index (χ1v) is 10.2. The molecule has 5 heteroatoms. The van der Waals surface area contributed by atoms with Gasteiger partial charge in [0.1, 0.15) is 0 Å². The standard InChI is InChI=1S/C25H24N4O/c1-28-15-21(14-27-28)24-17-29(16-20-8-3-5-12-23(20)24)25(30)26-13-19-10-6-9-18-7-2-4-11-22(18)19/h2-12,14-15,24H,13,16-17H2,1H3,(H,26,30)/t24-/m1/s1. The zero-order valence-corrected chi connectivity index (χ0v) is 17.0. The molecule has 30 heavy (non-hydrogen) atoms. The van der Waals surface area contributed by atoms with Gasteiger partial charge in [-0.3, -0.25) is 4.68 Å². The summed E-state index contributed by atoms with van der Waals surface area (Å²) in [5.74, 6) is 0.131. The Morgan fingerprint density at radius 3 is 2.73 bits per heavy atom. The van der Waals surface area contributed by atoms with Gasteiger partial charge in [0.25, 0.3) is 0 Å². The van der Waals surface area contributed by atoms with Crippen molar-refractivity contribution in [1.29, 1.82) is 0 Å². The van der Waals surface area contributed by atoms with E-state index in [9.17, 15) is 4.79 Å². The predicted octanol–water partition coefficient (Wildman–Crippen LogP) is 4.43. The Labute approximate surface area is 175 Å². The summed E-state index contributed by atoms with van der Waals surface area (Å²) in [5, 5.41) is 9.84. The molecule has 1 N–H and O–H groups in total. The minimum Gasteiger partial charge on any atom is -0.334 e. The Bertz CT molecular complexity index is 1210. The molecule has 0 fully saturated rings. The van der Waals surface area contributed by atoms with Crippen LogP contribution in [0.4, 0.5) is 4.79 Å². The van der Waals surface area contributed by atoms with Gasteiger partial charge in [-0.2, -0.15) is 5.10 Å². The first-order chi connectivity index (χ1) is 14.7. The van der Waals surface area contributed by atoms with Crippen molar-refractivity contribution in [1.82, 2.24) is 20.0 Å². The Kier molecular flexibility index (Phi) is 4.71. The van der Waals surface area contributed by atoms with E-state index in [1.807, 2.05) is 53.3 Å². The van der Waals surface area contributed by atoms with Crippen molar-refractivity contribution in [2.24, 2.45) is 7.05 Å². The number of aryl methyl sites for hydroxylation is 1. The number of hydrogen-bond donors (Lipinski definition) is 1. The molecule has 3 aromatic carbocycles. The summed E-state index contributed by atoms with van der Waals surface area (Å²) in [4.78, 5) is 15.0. The van der Waals surface area contributed by atoms with Gasteiger partial charge in [-0.1, -0.05) is 66.7 Å².